The molecule has 0 aliphatic rings. The molecule has 0 saturated carbocycles. The lowest BCUT2D eigenvalue weighted by molar-refractivity contribution is 0.280. The summed E-state index contributed by atoms with van der Waals surface area (Å²) >= 11 is 1.68. The van der Waals surface area contributed by atoms with E-state index in [0.29, 0.717) is 6.61 Å². The van der Waals surface area contributed by atoms with Gasteiger partial charge < -0.3 is 9.84 Å². The van der Waals surface area contributed by atoms with Crippen molar-refractivity contribution in [3.05, 3.63) is 51.2 Å². The molecule has 0 unspecified atom stereocenters. The van der Waals surface area contributed by atoms with E-state index >= 15 is 0 Å². The number of hydrogen-bond donors (Lipinski definition) is 1. The maximum atomic E-state index is 9.12. The summed E-state index contributed by atoms with van der Waals surface area (Å²) in [4.78, 5) is 0. The third-order valence-electron chi connectivity index (χ3n) is 2.67. The van der Waals surface area contributed by atoms with Gasteiger partial charge in [-0.05, 0) is 52.9 Å². The SMILES string of the molecule is Cc1cc(CO)cc(C)c1OCc1ccsc1. The molecule has 2 nitrogen and oxygen atoms in total. The summed E-state index contributed by atoms with van der Waals surface area (Å²) < 4.78 is 5.84. The fourth-order valence-electron chi connectivity index (χ4n) is 1.89. The Bertz CT molecular complexity index is 466. The smallest absolute Gasteiger partial charge is 0.125 e. The lowest BCUT2D eigenvalue weighted by Gasteiger charge is -2.13. The first-order chi connectivity index (χ1) is 8.20. The Kier molecular flexibility index (Phi) is 3.82. The number of aliphatic hydroxyl groups is 1. The summed E-state index contributed by atoms with van der Waals surface area (Å²) in [6.07, 6.45) is 0. The van der Waals surface area contributed by atoms with Crippen molar-refractivity contribution in [1.82, 2.24) is 0 Å². The van der Waals surface area contributed by atoms with E-state index in [4.69, 9.17) is 9.84 Å². The highest BCUT2D eigenvalue weighted by atomic mass is 32.1. The van der Waals surface area contributed by atoms with Gasteiger partial charge in [-0.15, -0.1) is 0 Å². The molecule has 0 radical (unpaired) electrons. The van der Waals surface area contributed by atoms with Crippen LogP contribution in [0, 0.1) is 13.8 Å². The average molecular weight is 248 g/mol. The molecule has 0 bridgehead atoms. The minimum atomic E-state index is 0.0759. The molecule has 17 heavy (non-hydrogen) atoms. The van der Waals surface area contributed by atoms with Crippen LogP contribution in [0.1, 0.15) is 22.3 Å². The van der Waals surface area contributed by atoms with Crippen LogP contribution in [0.15, 0.2) is 29.0 Å². The van der Waals surface area contributed by atoms with Gasteiger partial charge in [-0.25, -0.2) is 0 Å². The molecule has 0 fully saturated rings. The molecule has 0 aliphatic heterocycles. The molecule has 2 rings (SSSR count). The molecule has 0 spiro atoms. The number of benzene rings is 1. The highest BCUT2D eigenvalue weighted by molar-refractivity contribution is 7.07. The second-order valence-corrected chi connectivity index (χ2v) is 4.92. The highest BCUT2D eigenvalue weighted by Gasteiger charge is 2.06. The summed E-state index contributed by atoms with van der Waals surface area (Å²) in [6.45, 7) is 4.69. The predicted molar refractivity (Wildman–Crippen MR) is 70.5 cm³/mol. The second-order valence-electron chi connectivity index (χ2n) is 4.14. The molecular formula is C14H16O2S. The molecule has 0 saturated heterocycles. The summed E-state index contributed by atoms with van der Waals surface area (Å²) in [5.74, 6) is 0.924. The van der Waals surface area contributed by atoms with Crippen LogP contribution < -0.4 is 4.74 Å². The van der Waals surface area contributed by atoms with Gasteiger partial charge in [0, 0.05) is 0 Å². The Balaban J connectivity index is 2.15. The maximum Gasteiger partial charge on any atom is 0.125 e. The van der Waals surface area contributed by atoms with Gasteiger partial charge in [0.15, 0.2) is 0 Å². The molecule has 2 aromatic rings. The summed E-state index contributed by atoms with van der Waals surface area (Å²) in [5, 5.41) is 13.3. The summed E-state index contributed by atoms with van der Waals surface area (Å²) in [7, 11) is 0. The number of aryl methyl sites for hydroxylation is 2. The van der Waals surface area contributed by atoms with Gasteiger partial charge in [-0.1, -0.05) is 12.1 Å². The van der Waals surface area contributed by atoms with Crippen LogP contribution in [-0.2, 0) is 13.2 Å². The lowest BCUT2D eigenvalue weighted by Crippen LogP contribution is -1.99. The van der Waals surface area contributed by atoms with E-state index < -0.39 is 0 Å². The molecule has 90 valence electrons. The van der Waals surface area contributed by atoms with Crippen molar-refractivity contribution in [3.63, 3.8) is 0 Å². The average Bonchev–Trinajstić information content (AvgIpc) is 2.80. The van der Waals surface area contributed by atoms with Gasteiger partial charge in [0.05, 0.1) is 6.61 Å². The molecular weight excluding hydrogens is 232 g/mol. The lowest BCUT2D eigenvalue weighted by atomic mass is 10.1. The first kappa shape index (κ1) is 12.1. The van der Waals surface area contributed by atoms with E-state index in [1.165, 1.54) is 5.56 Å². The van der Waals surface area contributed by atoms with E-state index in [0.717, 1.165) is 22.4 Å². The van der Waals surface area contributed by atoms with E-state index in [2.05, 4.69) is 11.4 Å². The number of thiophene rings is 1. The first-order valence-corrected chi connectivity index (χ1v) is 6.50. The molecule has 1 aromatic heterocycles. The van der Waals surface area contributed by atoms with Crippen LogP contribution in [-0.4, -0.2) is 5.11 Å². The fraction of sp³-hybridized carbons (Fsp3) is 0.286. The van der Waals surface area contributed by atoms with Crippen molar-refractivity contribution in [3.8, 4) is 5.75 Å². The largest absolute Gasteiger partial charge is 0.488 e. The van der Waals surface area contributed by atoms with Gasteiger partial charge in [-0.3, -0.25) is 0 Å². The first-order valence-electron chi connectivity index (χ1n) is 5.55. The Morgan fingerprint density at radius 1 is 1.18 bits per heavy atom. The highest BCUT2D eigenvalue weighted by Crippen LogP contribution is 2.26. The van der Waals surface area contributed by atoms with Crippen molar-refractivity contribution >= 4 is 11.3 Å². The van der Waals surface area contributed by atoms with Crippen LogP contribution in [0.3, 0.4) is 0 Å². The second kappa shape index (κ2) is 5.34. The zero-order chi connectivity index (χ0) is 12.3. The Morgan fingerprint density at radius 3 is 2.41 bits per heavy atom. The summed E-state index contributed by atoms with van der Waals surface area (Å²) in [6, 6.07) is 6.00. The monoisotopic (exact) mass is 248 g/mol. The Labute approximate surface area is 105 Å². The molecule has 1 aromatic carbocycles. The van der Waals surface area contributed by atoms with E-state index in [9.17, 15) is 0 Å². The number of rotatable bonds is 4. The van der Waals surface area contributed by atoms with Crippen LogP contribution in [0.4, 0.5) is 0 Å². The van der Waals surface area contributed by atoms with Crippen molar-refractivity contribution < 1.29 is 9.84 Å². The van der Waals surface area contributed by atoms with Crippen molar-refractivity contribution in [2.75, 3.05) is 0 Å². The van der Waals surface area contributed by atoms with Crippen molar-refractivity contribution in [2.24, 2.45) is 0 Å². The van der Waals surface area contributed by atoms with Crippen LogP contribution in [0.2, 0.25) is 0 Å². The van der Waals surface area contributed by atoms with Crippen molar-refractivity contribution in [1.29, 1.82) is 0 Å². The zero-order valence-electron chi connectivity index (χ0n) is 10.1. The van der Waals surface area contributed by atoms with Gasteiger partial charge in [0.25, 0.3) is 0 Å². The third kappa shape index (κ3) is 2.87. The quantitative estimate of drug-likeness (QED) is 0.898. The van der Waals surface area contributed by atoms with Crippen LogP contribution in [0.5, 0.6) is 5.75 Å². The van der Waals surface area contributed by atoms with Crippen molar-refractivity contribution in [2.45, 2.75) is 27.1 Å². The minimum absolute atomic E-state index is 0.0759. The molecule has 3 heteroatoms. The van der Waals surface area contributed by atoms with Crippen LogP contribution in [0.25, 0.3) is 0 Å². The standard InChI is InChI=1S/C14H16O2S/c1-10-5-13(7-15)6-11(2)14(10)16-8-12-3-4-17-9-12/h3-6,9,15H,7-8H2,1-2H3. The summed E-state index contributed by atoms with van der Waals surface area (Å²) in [5.41, 5.74) is 4.27. The number of ether oxygens (including phenoxy) is 1. The number of aliphatic hydroxyl groups excluding tert-OH is 1. The third-order valence-corrected chi connectivity index (χ3v) is 3.40. The molecule has 0 atom stereocenters. The topological polar surface area (TPSA) is 29.5 Å². The van der Waals surface area contributed by atoms with Gasteiger partial charge in [0.2, 0.25) is 0 Å². The van der Waals surface area contributed by atoms with Crippen LogP contribution >= 0.6 is 11.3 Å². The number of hydrogen-bond acceptors (Lipinski definition) is 3. The molecule has 0 amide bonds. The van der Waals surface area contributed by atoms with E-state index in [-0.39, 0.29) is 6.61 Å². The maximum absolute atomic E-state index is 9.12. The Hall–Kier alpha value is -1.32. The normalized spacial score (nSPS) is 10.5. The van der Waals surface area contributed by atoms with E-state index in [1.807, 2.05) is 31.4 Å². The van der Waals surface area contributed by atoms with E-state index in [1.54, 1.807) is 11.3 Å². The molecule has 0 aliphatic carbocycles. The minimum Gasteiger partial charge on any atom is -0.488 e. The predicted octanol–water partition coefficient (Wildman–Crippen LogP) is 3.44. The van der Waals surface area contributed by atoms with Gasteiger partial charge >= 0.3 is 0 Å². The van der Waals surface area contributed by atoms with Gasteiger partial charge in [-0.2, -0.15) is 11.3 Å². The zero-order valence-corrected chi connectivity index (χ0v) is 10.9. The fourth-order valence-corrected chi connectivity index (χ4v) is 2.54. The molecule has 1 N–H and O–H groups in total. The molecule has 1 heterocycles. The van der Waals surface area contributed by atoms with Gasteiger partial charge in [0.1, 0.15) is 12.4 Å². The Morgan fingerprint density at radius 2 is 1.88 bits per heavy atom.